The van der Waals surface area contributed by atoms with Crippen LogP contribution in [-0.2, 0) is 6.61 Å². The Labute approximate surface area is 102 Å². The van der Waals surface area contributed by atoms with E-state index in [1.165, 1.54) is 0 Å². The van der Waals surface area contributed by atoms with Gasteiger partial charge in [0.15, 0.2) is 0 Å². The van der Waals surface area contributed by atoms with E-state index in [0.29, 0.717) is 0 Å². The smallest absolute Gasteiger partial charge is 0.136 e. The van der Waals surface area contributed by atoms with Crippen molar-refractivity contribution in [2.24, 2.45) is 0 Å². The van der Waals surface area contributed by atoms with Crippen LogP contribution >= 0.6 is 0 Å². The predicted octanol–water partition coefficient (Wildman–Crippen LogP) is 3.82. The molecule has 3 heteroatoms. The van der Waals surface area contributed by atoms with Gasteiger partial charge in [-0.3, -0.25) is 0 Å². The predicted molar refractivity (Wildman–Crippen MR) is 69.4 cm³/mol. The zero-order valence-electron chi connectivity index (χ0n) is 9.51. The first-order chi connectivity index (χ1) is 8.86. The van der Waals surface area contributed by atoms with Crippen LogP contribution in [-0.4, -0.2) is 5.11 Å². The molecule has 0 radical (unpaired) electrons. The summed E-state index contributed by atoms with van der Waals surface area (Å²) in [5.41, 5.74) is 3.35. The number of fused-ring (bicyclic) bond motifs is 5. The first kappa shape index (κ1) is 9.74. The molecule has 4 rings (SSSR count). The first-order valence-electron chi connectivity index (χ1n) is 5.79. The van der Waals surface area contributed by atoms with Crippen LogP contribution in [0.25, 0.3) is 32.9 Å². The van der Waals surface area contributed by atoms with Crippen molar-refractivity contribution < 1.29 is 13.9 Å². The van der Waals surface area contributed by atoms with Gasteiger partial charge in [0, 0.05) is 16.2 Å². The number of aliphatic hydroxyl groups is 1. The standard InChI is InChI=1S/C15H10O3/c16-8-9-1-2-10-14(7-9)18-13-4-3-12-11(15(10)13)5-6-17-12/h1-7,16H,8H2. The maximum atomic E-state index is 9.15. The van der Waals surface area contributed by atoms with Crippen molar-refractivity contribution in [2.75, 3.05) is 0 Å². The molecule has 0 aliphatic heterocycles. The molecule has 0 unspecified atom stereocenters. The largest absolute Gasteiger partial charge is 0.464 e. The SMILES string of the molecule is OCc1ccc2c(c1)oc1ccc3occc3c12. The lowest BCUT2D eigenvalue weighted by Crippen LogP contribution is -1.80. The molecule has 88 valence electrons. The number of benzene rings is 2. The molecular weight excluding hydrogens is 228 g/mol. The highest BCUT2D eigenvalue weighted by Gasteiger charge is 2.11. The molecule has 2 aromatic carbocycles. The third kappa shape index (κ3) is 1.17. The summed E-state index contributed by atoms with van der Waals surface area (Å²) in [6, 6.07) is 11.6. The summed E-state index contributed by atoms with van der Waals surface area (Å²) in [6.45, 7) is 0.0219. The topological polar surface area (TPSA) is 46.5 Å². The van der Waals surface area contributed by atoms with Crippen LogP contribution < -0.4 is 0 Å². The lowest BCUT2D eigenvalue weighted by Gasteiger charge is -1.94. The minimum Gasteiger partial charge on any atom is -0.464 e. The van der Waals surface area contributed by atoms with Crippen molar-refractivity contribution in [3.63, 3.8) is 0 Å². The van der Waals surface area contributed by atoms with Crippen molar-refractivity contribution in [2.45, 2.75) is 6.61 Å². The van der Waals surface area contributed by atoms with Gasteiger partial charge in [-0.15, -0.1) is 0 Å². The molecule has 0 aliphatic carbocycles. The maximum absolute atomic E-state index is 9.15. The average molecular weight is 238 g/mol. The second kappa shape index (κ2) is 3.37. The number of hydrogen-bond acceptors (Lipinski definition) is 3. The second-order valence-corrected chi connectivity index (χ2v) is 4.36. The summed E-state index contributed by atoms with van der Waals surface area (Å²) in [5.74, 6) is 0. The minimum absolute atomic E-state index is 0.0219. The Morgan fingerprint density at radius 2 is 1.72 bits per heavy atom. The Balaban J connectivity index is 2.24. The lowest BCUT2D eigenvalue weighted by molar-refractivity contribution is 0.282. The summed E-state index contributed by atoms with van der Waals surface area (Å²) in [6.07, 6.45) is 1.69. The first-order valence-corrected chi connectivity index (χ1v) is 5.79. The molecule has 0 bridgehead atoms. The van der Waals surface area contributed by atoms with Gasteiger partial charge in [-0.1, -0.05) is 12.1 Å². The molecular formula is C15H10O3. The summed E-state index contributed by atoms with van der Waals surface area (Å²) >= 11 is 0. The van der Waals surface area contributed by atoms with Gasteiger partial charge >= 0.3 is 0 Å². The Hall–Kier alpha value is -2.26. The van der Waals surface area contributed by atoms with Crippen LogP contribution in [0.15, 0.2) is 51.5 Å². The summed E-state index contributed by atoms with van der Waals surface area (Å²) in [4.78, 5) is 0. The number of aliphatic hydroxyl groups excluding tert-OH is 1. The van der Waals surface area contributed by atoms with Crippen LogP contribution in [0.2, 0.25) is 0 Å². The van der Waals surface area contributed by atoms with Crippen LogP contribution in [0.4, 0.5) is 0 Å². The molecule has 18 heavy (non-hydrogen) atoms. The molecule has 2 aromatic heterocycles. The third-order valence-corrected chi connectivity index (χ3v) is 3.31. The summed E-state index contributed by atoms with van der Waals surface area (Å²) in [7, 11) is 0. The van der Waals surface area contributed by atoms with Crippen LogP contribution in [0.3, 0.4) is 0 Å². The highest BCUT2D eigenvalue weighted by molar-refractivity contribution is 6.17. The Kier molecular flexibility index (Phi) is 1.82. The normalized spacial score (nSPS) is 11.8. The van der Waals surface area contributed by atoms with E-state index >= 15 is 0 Å². The van der Waals surface area contributed by atoms with E-state index in [0.717, 1.165) is 38.5 Å². The van der Waals surface area contributed by atoms with Crippen LogP contribution in [0, 0.1) is 0 Å². The summed E-state index contributed by atoms with van der Waals surface area (Å²) < 4.78 is 11.2. The van der Waals surface area contributed by atoms with Gasteiger partial charge in [0.05, 0.1) is 12.9 Å². The number of hydrogen-bond donors (Lipinski definition) is 1. The van der Waals surface area contributed by atoms with Gasteiger partial charge in [0.25, 0.3) is 0 Å². The molecule has 0 fully saturated rings. The highest BCUT2D eigenvalue weighted by atomic mass is 16.3. The molecule has 0 saturated carbocycles. The average Bonchev–Trinajstić information content (AvgIpc) is 3.00. The third-order valence-electron chi connectivity index (χ3n) is 3.31. The van der Waals surface area contributed by atoms with Gasteiger partial charge < -0.3 is 13.9 Å². The van der Waals surface area contributed by atoms with E-state index in [1.807, 2.05) is 36.4 Å². The molecule has 1 N–H and O–H groups in total. The van der Waals surface area contributed by atoms with Gasteiger partial charge in [-0.05, 0) is 29.8 Å². The molecule has 3 nitrogen and oxygen atoms in total. The van der Waals surface area contributed by atoms with Gasteiger partial charge in [-0.25, -0.2) is 0 Å². The quantitative estimate of drug-likeness (QED) is 0.548. The molecule has 0 amide bonds. The van der Waals surface area contributed by atoms with E-state index in [9.17, 15) is 0 Å². The van der Waals surface area contributed by atoms with E-state index in [4.69, 9.17) is 13.9 Å². The van der Waals surface area contributed by atoms with Gasteiger partial charge in [-0.2, -0.15) is 0 Å². The molecule has 0 saturated heterocycles. The zero-order chi connectivity index (χ0) is 12.1. The van der Waals surface area contributed by atoms with E-state index in [2.05, 4.69) is 0 Å². The van der Waals surface area contributed by atoms with Crippen molar-refractivity contribution in [3.05, 3.63) is 48.2 Å². The van der Waals surface area contributed by atoms with E-state index in [-0.39, 0.29) is 6.61 Å². The second-order valence-electron chi connectivity index (χ2n) is 4.36. The monoisotopic (exact) mass is 238 g/mol. The minimum atomic E-state index is 0.0219. The highest BCUT2D eigenvalue weighted by Crippen LogP contribution is 2.35. The van der Waals surface area contributed by atoms with Crippen LogP contribution in [0.5, 0.6) is 0 Å². The van der Waals surface area contributed by atoms with Crippen molar-refractivity contribution in [1.82, 2.24) is 0 Å². The molecule has 4 aromatic rings. The van der Waals surface area contributed by atoms with Crippen molar-refractivity contribution in [3.8, 4) is 0 Å². The lowest BCUT2D eigenvalue weighted by atomic mass is 10.1. The molecule has 2 heterocycles. The van der Waals surface area contributed by atoms with Gasteiger partial charge in [0.2, 0.25) is 0 Å². The molecule has 0 spiro atoms. The van der Waals surface area contributed by atoms with Crippen molar-refractivity contribution >= 4 is 32.9 Å². The Bertz CT molecular complexity index is 867. The Morgan fingerprint density at radius 3 is 2.61 bits per heavy atom. The Morgan fingerprint density at radius 1 is 0.889 bits per heavy atom. The van der Waals surface area contributed by atoms with E-state index in [1.54, 1.807) is 6.26 Å². The maximum Gasteiger partial charge on any atom is 0.136 e. The van der Waals surface area contributed by atoms with Gasteiger partial charge in [0.1, 0.15) is 16.7 Å². The fourth-order valence-electron chi connectivity index (χ4n) is 2.46. The number of rotatable bonds is 1. The summed E-state index contributed by atoms with van der Waals surface area (Å²) in [5, 5.41) is 12.3. The fraction of sp³-hybridized carbons (Fsp3) is 0.0667. The molecule has 0 atom stereocenters. The molecule has 0 aliphatic rings. The van der Waals surface area contributed by atoms with Crippen molar-refractivity contribution in [1.29, 1.82) is 0 Å². The zero-order valence-corrected chi connectivity index (χ0v) is 9.51. The fourth-order valence-corrected chi connectivity index (χ4v) is 2.46. The van der Waals surface area contributed by atoms with Crippen LogP contribution in [0.1, 0.15) is 5.56 Å². The van der Waals surface area contributed by atoms with E-state index < -0.39 is 0 Å². The number of furan rings is 2.